The first-order valence-corrected chi connectivity index (χ1v) is 5.46. The summed E-state index contributed by atoms with van der Waals surface area (Å²) in [5.74, 6) is -0.0867. The lowest BCUT2D eigenvalue weighted by molar-refractivity contribution is -0.117. The van der Waals surface area contributed by atoms with E-state index in [-0.39, 0.29) is 12.3 Å². The van der Waals surface area contributed by atoms with Gasteiger partial charge in [0.05, 0.1) is 11.7 Å². The molecule has 1 aromatic carbocycles. The number of hydrogen-bond donors (Lipinski definition) is 3. The summed E-state index contributed by atoms with van der Waals surface area (Å²) >= 11 is 0. The Morgan fingerprint density at radius 1 is 1.53 bits per heavy atom. The summed E-state index contributed by atoms with van der Waals surface area (Å²) in [5, 5.41) is 10.6. The fraction of sp³-hybridized carbons (Fsp3) is 0.333. The Bertz CT molecular complexity index is 539. The average Bonchev–Trinajstić information content (AvgIpc) is 2.61. The van der Waals surface area contributed by atoms with Crippen molar-refractivity contribution in [1.29, 1.82) is 0 Å². The molecule has 2 rings (SSSR count). The van der Waals surface area contributed by atoms with E-state index < -0.39 is 5.54 Å². The number of fused-ring (bicyclic) bond motifs is 1. The average molecular weight is 232 g/mol. The van der Waals surface area contributed by atoms with Crippen LogP contribution >= 0.6 is 0 Å². The number of carbonyl (C=O) groups is 1. The number of hydrogen-bond acceptors (Lipinski definition) is 3. The van der Waals surface area contributed by atoms with Crippen LogP contribution in [0.2, 0.25) is 0 Å². The highest BCUT2D eigenvalue weighted by molar-refractivity contribution is 5.93. The van der Waals surface area contributed by atoms with Gasteiger partial charge >= 0.3 is 0 Å². The van der Waals surface area contributed by atoms with Crippen LogP contribution in [0, 0.1) is 0 Å². The zero-order valence-corrected chi connectivity index (χ0v) is 9.95. The van der Waals surface area contributed by atoms with Crippen molar-refractivity contribution in [3.8, 4) is 0 Å². The minimum atomic E-state index is -0.498. The second kappa shape index (κ2) is 4.18. The molecule has 5 nitrogen and oxygen atoms in total. The van der Waals surface area contributed by atoms with Gasteiger partial charge in [0.25, 0.3) is 0 Å². The first kappa shape index (κ1) is 11.6. The number of benzene rings is 1. The SMILES string of the molecule is CC(C)(N)CC(=O)Nc1ccc2cn[nH]c2c1. The van der Waals surface area contributed by atoms with Gasteiger partial charge in [-0.3, -0.25) is 9.89 Å². The van der Waals surface area contributed by atoms with Crippen molar-refractivity contribution in [1.82, 2.24) is 10.2 Å². The minimum Gasteiger partial charge on any atom is -0.326 e. The normalized spacial score (nSPS) is 11.7. The molecule has 0 fully saturated rings. The highest BCUT2D eigenvalue weighted by Crippen LogP contribution is 2.17. The number of amides is 1. The summed E-state index contributed by atoms with van der Waals surface area (Å²) in [6.45, 7) is 3.65. The third kappa shape index (κ3) is 3.04. The maximum absolute atomic E-state index is 11.7. The zero-order valence-electron chi connectivity index (χ0n) is 9.95. The Morgan fingerprint density at radius 2 is 2.29 bits per heavy atom. The highest BCUT2D eigenvalue weighted by Gasteiger charge is 2.16. The predicted molar refractivity (Wildman–Crippen MR) is 67.6 cm³/mol. The summed E-state index contributed by atoms with van der Waals surface area (Å²) in [7, 11) is 0. The van der Waals surface area contributed by atoms with Crippen LogP contribution in [0.15, 0.2) is 24.4 Å². The molecule has 0 aliphatic carbocycles. The molecule has 0 atom stereocenters. The van der Waals surface area contributed by atoms with E-state index >= 15 is 0 Å². The summed E-state index contributed by atoms with van der Waals surface area (Å²) < 4.78 is 0. The Hall–Kier alpha value is -1.88. The van der Waals surface area contributed by atoms with Crippen molar-refractivity contribution in [2.75, 3.05) is 5.32 Å². The number of anilines is 1. The number of nitrogens with zero attached hydrogens (tertiary/aromatic N) is 1. The Kier molecular flexibility index (Phi) is 2.85. The van der Waals surface area contributed by atoms with E-state index in [0.29, 0.717) is 0 Å². The second-order valence-electron chi connectivity index (χ2n) is 4.89. The summed E-state index contributed by atoms with van der Waals surface area (Å²) in [5.41, 5.74) is 6.93. The van der Waals surface area contributed by atoms with Gasteiger partial charge in [0.15, 0.2) is 0 Å². The molecule has 0 radical (unpaired) electrons. The molecule has 4 N–H and O–H groups in total. The topological polar surface area (TPSA) is 83.8 Å². The fourth-order valence-corrected chi connectivity index (χ4v) is 1.63. The number of rotatable bonds is 3. The molecule has 0 unspecified atom stereocenters. The number of nitrogens with one attached hydrogen (secondary N) is 2. The molecular formula is C12H16N4O. The van der Waals surface area contributed by atoms with Gasteiger partial charge in [0.2, 0.25) is 5.91 Å². The Morgan fingerprint density at radius 3 is 3.00 bits per heavy atom. The molecule has 0 saturated heterocycles. The third-order valence-electron chi connectivity index (χ3n) is 2.34. The van der Waals surface area contributed by atoms with E-state index in [0.717, 1.165) is 16.6 Å². The standard InChI is InChI=1S/C12H16N4O/c1-12(2,13)6-11(17)15-9-4-3-8-7-14-16-10(8)5-9/h3-5,7H,6,13H2,1-2H3,(H,14,16)(H,15,17). The molecule has 1 heterocycles. The molecule has 5 heteroatoms. The number of nitrogens with two attached hydrogens (primary N) is 1. The lowest BCUT2D eigenvalue weighted by Gasteiger charge is -2.17. The van der Waals surface area contributed by atoms with Gasteiger partial charge in [0, 0.05) is 23.0 Å². The van der Waals surface area contributed by atoms with Crippen LogP contribution in [0.5, 0.6) is 0 Å². The van der Waals surface area contributed by atoms with Gasteiger partial charge in [-0.2, -0.15) is 5.10 Å². The van der Waals surface area contributed by atoms with Gasteiger partial charge in [-0.05, 0) is 32.0 Å². The number of aromatic amines is 1. The molecular weight excluding hydrogens is 216 g/mol. The van der Waals surface area contributed by atoms with E-state index in [2.05, 4.69) is 15.5 Å². The quantitative estimate of drug-likeness (QED) is 0.752. The van der Waals surface area contributed by atoms with E-state index in [4.69, 9.17) is 5.73 Å². The van der Waals surface area contributed by atoms with Crippen LogP contribution in [0.3, 0.4) is 0 Å². The molecule has 17 heavy (non-hydrogen) atoms. The lowest BCUT2D eigenvalue weighted by Crippen LogP contribution is -2.36. The Balaban J connectivity index is 2.10. The van der Waals surface area contributed by atoms with Crippen LogP contribution in [0.1, 0.15) is 20.3 Å². The van der Waals surface area contributed by atoms with E-state index in [1.54, 1.807) is 6.20 Å². The molecule has 1 amide bonds. The van der Waals surface area contributed by atoms with Crippen molar-refractivity contribution < 1.29 is 4.79 Å². The summed E-state index contributed by atoms with van der Waals surface area (Å²) in [6.07, 6.45) is 2.03. The van der Waals surface area contributed by atoms with Gasteiger partial charge in [0.1, 0.15) is 0 Å². The van der Waals surface area contributed by atoms with E-state index in [1.807, 2.05) is 32.0 Å². The summed E-state index contributed by atoms with van der Waals surface area (Å²) in [4.78, 5) is 11.7. The van der Waals surface area contributed by atoms with Crippen molar-refractivity contribution in [2.45, 2.75) is 25.8 Å². The molecule has 0 spiro atoms. The predicted octanol–water partition coefficient (Wildman–Crippen LogP) is 1.63. The van der Waals surface area contributed by atoms with Crippen LogP contribution < -0.4 is 11.1 Å². The first-order valence-electron chi connectivity index (χ1n) is 5.46. The zero-order chi connectivity index (χ0) is 12.5. The van der Waals surface area contributed by atoms with Crippen molar-refractivity contribution in [3.05, 3.63) is 24.4 Å². The highest BCUT2D eigenvalue weighted by atomic mass is 16.1. The molecule has 0 aliphatic rings. The molecule has 0 aliphatic heterocycles. The molecule has 0 saturated carbocycles. The van der Waals surface area contributed by atoms with Crippen LogP contribution in [-0.4, -0.2) is 21.6 Å². The summed E-state index contributed by atoms with van der Waals surface area (Å²) in [6, 6.07) is 5.60. The van der Waals surface area contributed by atoms with Gasteiger partial charge in [-0.25, -0.2) is 0 Å². The third-order valence-corrected chi connectivity index (χ3v) is 2.34. The van der Waals surface area contributed by atoms with Gasteiger partial charge in [-0.15, -0.1) is 0 Å². The van der Waals surface area contributed by atoms with Crippen LogP contribution in [0.4, 0.5) is 5.69 Å². The fourth-order valence-electron chi connectivity index (χ4n) is 1.63. The lowest BCUT2D eigenvalue weighted by atomic mass is 10.0. The Labute approximate surface area is 99.4 Å². The monoisotopic (exact) mass is 232 g/mol. The van der Waals surface area contributed by atoms with Gasteiger partial charge < -0.3 is 11.1 Å². The van der Waals surface area contributed by atoms with Crippen molar-refractivity contribution >= 4 is 22.5 Å². The van der Waals surface area contributed by atoms with E-state index in [1.165, 1.54) is 0 Å². The number of H-pyrrole nitrogens is 1. The smallest absolute Gasteiger partial charge is 0.226 e. The largest absolute Gasteiger partial charge is 0.326 e. The minimum absolute atomic E-state index is 0.0867. The first-order chi connectivity index (χ1) is 7.94. The van der Waals surface area contributed by atoms with Crippen molar-refractivity contribution in [2.24, 2.45) is 5.73 Å². The van der Waals surface area contributed by atoms with Crippen molar-refractivity contribution in [3.63, 3.8) is 0 Å². The molecule has 2 aromatic rings. The van der Waals surface area contributed by atoms with Crippen LogP contribution in [0.25, 0.3) is 10.9 Å². The maximum Gasteiger partial charge on any atom is 0.226 e. The molecule has 90 valence electrons. The number of carbonyl (C=O) groups excluding carboxylic acids is 1. The second-order valence-corrected chi connectivity index (χ2v) is 4.89. The molecule has 0 bridgehead atoms. The molecule has 1 aromatic heterocycles. The van der Waals surface area contributed by atoms with Gasteiger partial charge in [-0.1, -0.05) is 0 Å². The van der Waals surface area contributed by atoms with E-state index in [9.17, 15) is 4.79 Å². The van der Waals surface area contributed by atoms with Crippen LogP contribution in [-0.2, 0) is 4.79 Å². The maximum atomic E-state index is 11.7. The number of aromatic nitrogens is 2.